The number of benzene rings is 1. The fraction of sp³-hybridized carbons (Fsp3) is 0.450. The molecule has 25 heavy (non-hydrogen) atoms. The van der Waals surface area contributed by atoms with Crippen LogP contribution in [0.15, 0.2) is 46.9 Å². The molecule has 1 heterocycles. The number of carbonyl (C=O) groups is 1. The second-order valence-corrected chi connectivity index (χ2v) is 7.13. The van der Waals surface area contributed by atoms with Gasteiger partial charge in [-0.05, 0) is 31.1 Å². The first-order chi connectivity index (χ1) is 12.1. The number of nitrogens with zero attached hydrogens (tertiary/aromatic N) is 1. The monoisotopic (exact) mass is 361 g/mol. The van der Waals surface area contributed by atoms with Crippen molar-refractivity contribution in [3.8, 4) is 0 Å². The minimum Gasteiger partial charge on any atom is -0.465 e. The number of allylic oxidation sites excluding steroid dienone is 1. The van der Waals surface area contributed by atoms with Crippen LogP contribution in [0.1, 0.15) is 29.8 Å². The summed E-state index contributed by atoms with van der Waals surface area (Å²) in [6.07, 6.45) is 4.44. The van der Waals surface area contributed by atoms with E-state index in [9.17, 15) is 4.79 Å². The van der Waals surface area contributed by atoms with Gasteiger partial charge in [0.15, 0.2) is 0 Å². The lowest BCUT2D eigenvalue weighted by atomic mass is 10.1. The van der Waals surface area contributed by atoms with E-state index in [1.165, 1.54) is 17.6 Å². The number of esters is 1. The van der Waals surface area contributed by atoms with Gasteiger partial charge in [0.25, 0.3) is 0 Å². The smallest absolute Gasteiger partial charge is 0.338 e. The number of hydrogen-bond donors (Lipinski definition) is 0. The van der Waals surface area contributed by atoms with Crippen LogP contribution in [0.4, 0.5) is 0 Å². The average Bonchev–Trinajstić information content (AvgIpc) is 2.82. The molecule has 136 valence electrons. The number of hydrogen-bond acceptors (Lipinski definition) is 5. The average molecular weight is 362 g/mol. The van der Waals surface area contributed by atoms with Crippen LogP contribution in [-0.2, 0) is 16.0 Å². The van der Waals surface area contributed by atoms with Gasteiger partial charge < -0.3 is 9.47 Å². The Kier molecular flexibility index (Phi) is 7.75. The number of methoxy groups -OCH3 is 2. The van der Waals surface area contributed by atoms with Gasteiger partial charge in [0.05, 0.1) is 18.8 Å². The van der Waals surface area contributed by atoms with Crippen LogP contribution in [0.2, 0.25) is 0 Å². The summed E-state index contributed by atoms with van der Waals surface area (Å²) in [5.74, 6) is 0.747. The SMILES string of the molecule is C/C=C1/SCCN(Cc2ccccc2C(=O)OC)C/C1=C/C(C)OC. The van der Waals surface area contributed by atoms with Crippen LogP contribution in [0.5, 0.6) is 0 Å². The van der Waals surface area contributed by atoms with Gasteiger partial charge in [0.2, 0.25) is 0 Å². The molecule has 0 saturated carbocycles. The Morgan fingerprint density at radius 3 is 2.80 bits per heavy atom. The summed E-state index contributed by atoms with van der Waals surface area (Å²) in [6.45, 7) is 6.66. The van der Waals surface area contributed by atoms with E-state index in [2.05, 4.69) is 24.0 Å². The zero-order valence-electron chi connectivity index (χ0n) is 15.5. The van der Waals surface area contributed by atoms with E-state index in [4.69, 9.17) is 9.47 Å². The fourth-order valence-electron chi connectivity index (χ4n) is 2.87. The Hall–Kier alpha value is -1.56. The van der Waals surface area contributed by atoms with E-state index < -0.39 is 0 Å². The fourth-order valence-corrected chi connectivity index (χ4v) is 3.93. The molecule has 0 radical (unpaired) electrons. The van der Waals surface area contributed by atoms with Gasteiger partial charge >= 0.3 is 5.97 Å². The van der Waals surface area contributed by atoms with Crippen LogP contribution in [0.25, 0.3) is 0 Å². The highest BCUT2D eigenvalue weighted by Gasteiger charge is 2.20. The van der Waals surface area contributed by atoms with Gasteiger partial charge in [0.1, 0.15) is 0 Å². The van der Waals surface area contributed by atoms with Gasteiger partial charge in [-0.25, -0.2) is 4.79 Å². The van der Waals surface area contributed by atoms with Crippen LogP contribution in [0, 0.1) is 0 Å². The molecule has 0 bridgehead atoms. The molecule has 1 atom stereocenters. The summed E-state index contributed by atoms with van der Waals surface area (Å²) in [6, 6.07) is 7.67. The van der Waals surface area contributed by atoms with E-state index in [0.29, 0.717) is 5.56 Å². The highest BCUT2D eigenvalue weighted by atomic mass is 32.2. The van der Waals surface area contributed by atoms with Crippen molar-refractivity contribution >= 4 is 17.7 Å². The molecule has 0 aromatic heterocycles. The van der Waals surface area contributed by atoms with E-state index in [1.54, 1.807) is 7.11 Å². The molecule has 1 aliphatic heterocycles. The largest absolute Gasteiger partial charge is 0.465 e. The minimum atomic E-state index is -0.280. The molecule has 1 aliphatic rings. The Labute approximate surface area is 154 Å². The molecule has 2 rings (SSSR count). The Morgan fingerprint density at radius 1 is 1.36 bits per heavy atom. The third-order valence-electron chi connectivity index (χ3n) is 4.26. The molecule has 1 saturated heterocycles. The van der Waals surface area contributed by atoms with E-state index in [0.717, 1.165) is 31.0 Å². The number of carbonyl (C=O) groups excluding carboxylic acids is 1. The number of ether oxygens (including phenoxy) is 2. The molecular weight excluding hydrogens is 334 g/mol. The molecule has 4 nitrogen and oxygen atoms in total. The van der Waals surface area contributed by atoms with Crippen molar-refractivity contribution in [1.29, 1.82) is 0 Å². The molecule has 0 N–H and O–H groups in total. The summed E-state index contributed by atoms with van der Waals surface area (Å²) < 4.78 is 10.3. The number of thioether (sulfide) groups is 1. The maximum atomic E-state index is 12.0. The molecular formula is C20H27NO3S. The summed E-state index contributed by atoms with van der Waals surface area (Å²) in [4.78, 5) is 15.7. The second kappa shape index (κ2) is 9.80. The molecule has 0 aliphatic carbocycles. The zero-order valence-corrected chi connectivity index (χ0v) is 16.3. The van der Waals surface area contributed by atoms with Crippen molar-refractivity contribution in [3.05, 3.63) is 58.0 Å². The lowest BCUT2D eigenvalue weighted by Gasteiger charge is -2.22. The van der Waals surface area contributed by atoms with Crippen LogP contribution in [-0.4, -0.2) is 50.0 Å². The van der Waals surface area contributed by atoms with Crippen molar-refractivity contribution in [2.45, 2.75) is 26.5 Å². The van der Waals surface area contributed by atoms with Crippen molar-refractivity contribution in [2.75, 3.05) is 33.1 Å². The summed E-state index contributed by atoms with van der Waals surface area (Å²) >= 11 is 1.88. The van der Waals surface area contributed by atoms with Crippen LogP contribution >= 0.6 is 11.8 Å². The Bertz CT molecular complexity index is 654. The van der Waals surface area contributed by atoms with Gasteiger partial charge in [0, 0.05) is 37.4 Å². The summed E-state index contributed by atoms with van der Waals surface area (Å²) in [5.41, 5.74) is 2.93. The summed E-state index contributed by atoms with van der Waals surface area (Å²) in [5, 5.41) is 0. The predicted molar refractivity (Wildman–Crippen MR) is 104 cm³/mol. The quantitative estimate of drug-likeness (QED) is 0.744. The normalized spacial score (nSPS) is 20.5. The van der Waals surface area contributed by atoms with Crippen LogP contribution in [0.3, 0.4) is 0 Å². The van der Waals surface area contributed by atoms with E-state index in [-0.39, 0.29) is 12.1 Å². The minimum absolute atomic E-state index is 0.0767. The highest BCUT2D eigenvalue weighted by molar-refractivity contribution is 8.03. The highest BCUT2D eigenvalue weighted by Crippen LogP contribution is 2.29. The van der Waals surface area contributed by atoms with Crippen molar-refractivity contribution in [1.82, 2.24) is 4.90 Å². The molecule has 0 spiro atoms. The first kappa shape index (κ1) is 19.8. The topological polar surface area (TPSA) is 38.8 Å². The lowest BCUT2D eigenvalue weighted by Crippen LogP contribution is -2.27. The van der Waals surface area contributed by atoms with Gasteiger partial charge in [-0.1, -0.05) is 30.4 Å². The number of rotatable bonds is 5. The van der Waals surface area contributed by atoms with Gasteiger partial charge in [-0.3, -0.25) is 4.90 Å². The molecule has 5 heteroatoms. The van der Waals surface area contributed by atoms with Crippen LogP contribution < -0.4 is 0 Å². The van der Waals surface area contributed by atoms with Gasteiger partial charge in [-0.2, -0.15) is 0 Å². The van der Waals surface area contributed by atoms with Crippen molar-refractivity contribution in [3.63, 3.8) is 0 Å². The molecule has 1 unspecified atom stereocenters. The molecule has 1 aromatic carbocycles. The maximum absolute atomic E-state index is 12.0. The summed E-state index contributed by atoms with van der Waals surface area (Å²) in [7, 11) is 3.15. The zero-order chi connectivity index (χ0) is 18.2. The Morgan fingerprint density at radius 2 is 2.12 bits per heavy atom. The van der Waals surface area contributed by atoms with Gasteiger partial charge in [-0.15, -0.1) is 11.8 Å². The predicted octanol–water partition coefficient (Wildman–Crippen LogP) is 3.89. The first-order valence-corrected chi connectivity index (χ1v) is 9.49. The van der Waals surface area contributed by atoms with E-state index in [1.807, 2.05) is 43.0 Å². The second-order valence-electron chi connectivity index (χ2n) is 5.99. The third-order valence-corrected chi connectivity index (χ3v) is 5.46. The van der Waals surface area contributed by atoms with Crippen molar-refractivity contribution < 1.29 is 14.3 Å². The van der Waals surface area contributed by atoms with Crippen molar-refractivity contribution in [2.24, 2.45) is 0 Å². The standard InChI is InChI=1S/C20H27NO3S/c1-5-19-17(12-15(2)23-3)14-21(10-11-25-19)13-16-8-6-7-9-18(16)20(22)24-4/h5-9,12,15H,10-11,13-14H2,1-4H3/b17-12-,19-5+. The molecule has 0 amide bonds. The molecule has 1 fully saturated rings. The lowest BCUT2D eigenvalue weighted by molar-refractivity contribution is 0.0598. The maximum Gasteiger partial charge on any atom is 0.338 e. The Balaban J connectivity index is 2.23. The first-order valence-electron chi connectivity index (χ1n) is 8.50. The third kappa shape index (κ3) is 5.46. The van der Waals surface area contributed by atoms with E-state index >= 15 is 0 Å². The molecule has 1 aromatic rings.